The first-order valence-electron chi connectivity index (χ1n) is 9.10. The largest absolute Gasteiger partial charge is 0.744 e. The smallest absolute Gasteiger partial charge is 0.143 e. The number of rotatable bonds is 5. The number of benzene rings is 4. The minimum Gasteiger partial charge on any atom is -0.744 e. The maximum Gasteiger partial charge on any atom is 0.143 e. The normalized spacial score (nSPS) is 12.2. The molecule has 4 aromatic carbocycles. The van der Waals surface area contributed by atoms with Crippen LogP contribution in [0.5, 0.6) is 5.75 Å². The summed E-state index contributed by atoms with van der Waals surface area (Å²) >= 11 is 0. The zero-order valence-electron chi connectivity index (χ0n) is 16.0. The van der Waals surface area contributed by atoms with Gasteiger partial charge in [0, 0.05) is 5.39 Å². The Hall–Kier alpha value is -3.95. The predicted octanol–water partition coefficient (Wildman–Crippen LogP) is 6.28. The van der Waals surface area contributed by atoms with Gasteiger partial charge in [-0.15, -0.1) is 5.11 Å². The van der Waals surface area contributed by atoms with Gasteiger partial charge in [-0.2, -0.15) is 15.3 Å². The van der Waals surface area contributed by atoms with Crippen molar-refractivity contribution in [3.8, 4) is 5.75 Å². The highest BCUT2D eigenvalue weighted by atomic mass is 32.2. The SMILES string of the molecule is O=S(=O)([O-])c1ccc(N=Nc2ccc(N=Nc3c(O)ccc4ccccc34)cc2)cc1. The van der Waals surface area contributed by atoms with Gasteiger partial charge < -0.3 is 9.66 Å². The minimum atomic E-state index is -4.49. The maximum absolute atomic E-state index is 10.9. The van der Waals surface area contributed by atoms with Crippen molar-refractivity contribution in [1.82, 2.24) is 0 Å². The first-order chi connectivity index (χ1) is 14.9. The van der Waals surface area contributed by atoms with Crippen molar-refractivity contribution in [1.29, 1.82) is 0 Å². The molecule has 154 valence electrons. The van der Waals surface area contributed by atoms with Crippen LogP contribution in [0, 0.1) is 0 Å². The number of phenolic OH excluding ortho intramolecular Hbond substituents is 1. The summed E-state index contributed by atoms with van der Waals surface area (Å²) in [5, 5.41) is 28.4. The lowest BCUT2D eigenvalue weighted by molar-refractivity contribution is 0.463. The van der Waals surface area contributed by atoms with Crippen LogP contribution in [0.4, 0.5) is 22.7 Å². The molecule has 9 heteroatoms. The Morgan fingerprint density at radius 1 is 0.645 bits per heavy atom. The lowest BCUT2D eigenvalue weighted by Gasteiger charge is -2.05. The Bertz CT molecular complexity index is 1400. The second-order valence-electron chi connectivity index (χ2n) is 6.52. The summed E-state index contributed by atoms with van der Waals surface area (Å²) in [5.74, 6) is 0.0451. The van der Waals surface area contributed by atoms with Gasteiger partial charge in [-0.05, 0) is 60.0 Å². The Balaban J connectivity index is 1.50. The van der Waals surface area contributed by atoms with E-state index >= 15 is 0 Å². The summed E-state index contributed by atoms with van der Waals surface area (Å²) in [6.07, 6.45) is 0. The van der Waals surface area contributed by atoms with Gasteiger partial charge in [-0.25, -0.2) is 8.42 Å². The van der Waals surface area contributed by atoms with E-state index in [0.29, 0.717) is 22.7 Å². The second kappa shape index (κ2) is 8.42. The van der Waals surface area contributed by atoms with Crippen LogP contribution in [-0.2, 0) is 10.1 Å². The zero-order valence-corrected chi connectivity index (χ0v) is 16.8. The van der Waals surface area contributed by atoms with Crippen LogP contribution in [-0.4, -0.2) is 18.1 Å². The van der Waals surface area contributed by atoms with Crippen LogP contribution in [0.1, 0.15) is 0 Å². The average Bonchev–Trinajstić information content (AvgIpc) is 2.77. The summed E-state index contributed by atoms with van der Waals surface area (Å²) < 4.78 is 32.8. The molecule has 0 aromatic heterocycles. The second-order valence-corrected chi connectivity index (χ2v) is 7.90. The monoisotopic (exact) mass is 431 g/mol. The van der Waals surface area contributed by atoms with Gasteiger partial charge in [-0.3, -0.25) is 0 Å². The highest BCUT2D eigenvalue weighted by Crippen LogP contribution is 2.36. The fourth-order valence-corrected chi connectivity index (χ4v) is 3.31. The van der Waals surface area contributed by atoms with E-state index in [2.05, 4.69) is 20.5 Å². The van der Waals surface area contributed by atoms with E-state index in [-0.39, 0.29) is 10.6 Å². The molecule has 31 heavy (non-hydrogen) atoms. The molecule has 8 nitrogen and oxygen atoms in total. The molecule has 0 aliphatic rings. The van der Waals surface area contributed by atoms with Crippen molar-refractivity contribution < 1.29 is 18.1 Å². The third-order valence-electron chi connectivity index (χ3n) is 4.40. The Kier molecular flexibility index (Phi) is 5.52. The molecular formula is C22H15N4O4S-. The Morgan fingerprint density at radius 2 is 1.16 bits per heavy atom. The number of hydrogen-bond acceptors (Lipinski definition) is 8. The standard InChI is InChI=1S/C22H16N4O4S/c27-21-14-5-15-3-1-2-4-20(15)22(21)26-25-17-8-6-16(7-9-17)23-24-18-10-12-19(13-11-18)31(28,29)30/h1-14,27H,(H,28,29,30)/p-1. The number of aromatic hydroxyl groups is 1. The average molecular weight is 431 g/mol. The molecule has 0 bridgehead atoms. The van der Waals surface area contributed by atoms with Gasteiger partial charge >= 0.3 is 0 Å². The molecule has 1 N–H and O–H groups in total. The van der Waals surface area contributed by atoms with Crippen molar-refractivity contribution in [2.24, 2.45) is 20.5 Å². The van der Waals surface area contributed by atoms with E-state index in [4.69, 9.17) is 0 Å². The van der Waals surface area contributed by atoms with Crippen LogP contribution >= 0.6 is 0 Å². The molecule has 4 rings (SSSR count). The summed E-state index contributed by atoms with van der Waals surface area (Å²) in [6, 6.07) is 22.9. The molecule has 4 aromatic rings. The third-order valence-corrected chi connectivity index (χ3v) is 5.25. The number of fused-ring (bicyclic) bond motifs is 1. The lowest BCUT2D eigenvalue weighted by Crippen LogP contribution is -1.97. The van der Waals surface area contributed by atoms with Gasteiger partial charge in [0.25, 0.3) is 0 Å². The van der Waals surface area contributed by atoms with Crippen LogP contribution in [0.3, 0.4) is 0 Å². The van der Waals surface area contributed by atoms with Crippen LogP contribution in [0.2, 0.25) is 0 Å². The number of nitrogens with zero attached hydrogens (tertiary/aromatic N) is 4. The minimum absolute atomic E-state index is 0.0451. The van der Waals surface area contributed by atoms with Gasteiger partial charge in [-0.1, -0.05) is 30.3 Å². The summed E-state index contributed by atoms with van der Waals surface area (Å²) in [5.41, 5.74) is 1.91. The van der Waals surface area contributed by atoms with Crippen LogP contribution < -0.4 is 0 Å². The fourth-order valence-electron chi connectivity index (χ4n) is 2.84. The molecule has 0 spiro atoms. The molecule has 0 unspecified atom stereocenters. The molecule has 0 heterocycles. The summed E-state index contributed by atoms with van der Waals surface area (Å²) in [7, 11) is -4.49. The highest BCUT2D eigenvalue weighted by Gasteiger charge is 2.06. The third kappa shape index (κ3) is 4.80. The van der Waals surface area contributed by atoms with Crippen LogP contribution in [0.15, 0.2) is 110 Å². The van der Waals surface area contributed by atoms with Gasteiger partial charge in [0.2, 0.25) is 0 Å². The number of phenols is 1. The molecule has 0 fully saturated rings. The van der Waals surface area contributed by atoms with E-state index < -0.39 is 10.1 Å². The van der Waals surface area contributed by atoms with E-state index in [1.807, 2.05) is 30.3 Å². The van der Waals surface area contributed by atoms with Crippen molar-refractivity contribution in [2.75, 3.05) is 0 Å². The topological polar surface area (TPSA) is 127 Å². The first-order valence-corrected chi connectivity index (χ1v) is 10.5. The van der Waals surface area contributed by atoms with Crippen molar-refractivity contribution in [3.05, 3.63) is 84.9 Å². The van der Waals surface area contributed by atoms with Gasteiger partial charge in [0.05, 0.1) is 22.0 Å². The van der Waals surface area contributed by atoms with E-state index in [0.717, 1.165) is 10.8 Å². The van der Waals surface area contributed by atoms with E-state index in [1.165, 1.54) is 24.3 Å². The highest BCUT2D eigenvalue weighted by molar-refractivity contribution is 7.85. The van der Waals surface area contributed by atoms with Gasteiger partial charge in [0.1, 0.15) is 21.6 Å². The molecule has 0 atom stereocenters. The van der Waals surface area contributed by atoms with E-state index in [1.54, 1.807) is 30.3 Å². The van der Waals surface area contributed by atoms with E-state index in [9.17, 15) is 18.1 Å². The summed E-state index contributed by atoms with van der Waals surface area (Å²) in [4.78, 5) is -0.321. The predicted molar refractivity (Wildman–Crippen MR) is 115 cm³/mol. The maximum atomic E-state index is 10.9. The summed E-state index contributed by atoms with van der Waals surface area (Å²) in [6.45, 7) is 0. The van der Waals surface area contributed by atoms with Crippen molar-refractivity contribution in [3.63, 3.8) is 0 Å². The molecule has 0 saturated heterocycles. The Morgan fingerprint density at radius 3 is 1.74 bits per heavy atom. The molecular weight excluding hydrogens is 416 g/mol. The first kappa shape index (κ1) is 20.3. The van der Waals surface area contributed by atoms with Crippen LogP contribution in [0.25, 0.3) is 10.8 Å². The van der Waals surface area contributed by atoms with Crippen molar-refractivity contribution >= 4 is 43.6 Å². The lowest BCUT2D eigenvalue weighted by atomic mass is 10.1. The Labute approximate surface area is 178 Å². The van der Waals surface area contributed by atoms with Gasteiger partial charge in [0.15, 0.2) is 0 Å². The molecule has 0 aliphatic heterocycles. The van der Waals surface area contributed by atoms with Crippen molar-refractivity contribution in [2.45, 2.75) is 4.90 Å². The molecule has 0 amide bonds. The zero-order chi connectivity index (χ0) is 21.8. The molecule has 0 saturated carbocycles. The molecule has 0 radical (unpaired) electrons. The molecule has 0 aliphatic carbocycles. The number of azo groups is 2. The number of hydrogen-bond donors (Lipinski definition) is 1. The quantitative estimate of drug-likeness (QED) is 0.294. The fraction of sp³-hybridized carbons (Fsp3) is 0.